The molecular formula is C15H15Cl2N5O. The van der Waals surface area contributed by atoms with Gasteiger partial charge in [0.2, 0.25) is 0 Å². The highest BCUT2D eigenvalue weighted by Gasteiger charge is 2.15. The molecule has 6 nitrogen and oxygen atoms in total. The maximum Gasteiger partial charge on any atom is 0.324 e. The van der Waals surface area contributed by atoms with Crippen molar-refractivity contribution in [1.82, 2.24) is 9.97 Å². The predicted molar refractivity (Wildman–Crippen MR) is 92.6 cm³/mol. The molecule has 3 rings (SSSR count). The molecule has 1 aliphatic heterocycles. The lowest BCUT2D eigenvalue weighted by atomic mass is 10.3. The average Bonchev–Trinajstić information content (AvgIpc) is 3.05. The van der Waals surface area contributed by atoms with Crippen molar-refractivity contribution in [3.63, 3.8) is 0 Å². The molecule has 1 aromatic carbocycles. The SMILES string of the molecule is O=C(Nc1cc(N2CCCC2)ncn1)Nc1ccc(Cl)cc1Cl. The van der Waals surface area contributed by atoms with E-state index >= 15 is 0 Å². The average molecular weight is 352 g/mol. The smallest absolute Gasteiger partial charge is 0.324 e. The Morgan fingerprint density at radius 1 is 1.09 bits per heavy atom. The molecule has 1 aliphatic rings. The fourth-order valence-corrected chi connectivity index (χ4v) is 2.85. The molecule has 0 unspecified atom stereocenters. The highest BCUT2D eigenvalue weighted by Crippen LogP contribution is 2.25. The Balaban J connectivity index is 1.66. The number of rotatable bonds is 3. The van der Waals surface area contributed by atoms with E-state index in [0.29, 0.717) is 21.6 Å². The van der Waals surface area contributed by atoms with Crippen LogP contribution in [-0.4, -0.2) is 29.1 Å². The minimum atomic E-state index is -0.430. The zero-order chi connectivity index (χ0) is 16.2. The van der Waals surface area contributed by atoms with Gasteiger partial charge in [0, 0.05) is 24.2 Å². The second kappa shape index (κ2) is 7.02. The second-order valence-corrected chi connectivity index (χ2v) is 6.00. The minimum Gasteiger partial charge on any atom is -0.356 e. The number of hydrogen-bond acceptors (Lipinski definition) is 4. The van der Waals surface area contributed by atoms with Crippen molar-refractivity contribution in [3.05, 3.63) is 40.6 Å². The van der Waals surface area contributed by atoms with Gasteiger partial charge >= 0.3 is 6.03 Å². The first-order valence-corrected chi connectivity index (χ1v) is 7.97. The lowest BCUT2D eigenvalue weighted by Crippen LogP contribution is -2.22. The van der Waals surface area contributed by atoms with Crippen LogP contribution in [0.4, 0.5) is 22.1 Å². The van der Waals surface area contributed by atoms with E-state index in [-0.39, 0.29) is 0 Å². The number of aromatic nitrogens is 2. The topological polar surface area (TPSA) is 70.2 Å². The quantitative estimate of drug-likeness (QED) is 0.875. The van der Waals surface area contributed by atoms with Gasteiger partial charge in [-0.1, -0.05) is 23.2 Å². The van der Waals surface area contributed by atoms with Crippen molar-refractivity contribution >= 4 is 46.6 Å². The second-order valence-electron chi connectivity index (χ2n) is 5.16. The van der Waals surface area contributed by atoms with Crippen molar-refractivity contribution in [2.24, 2.45) is 0 Å². The summed E-state index contributed by atoms with van der Waals surface area (Å²) in [6.07, 6.45) is 3.75. The molecule has 0 radical (unpaired) electrons. The first-order chi connectivity index (χ1) is 11.1. The van der Waals surface area contributed by atoms with E-state index in [9.17, 15) is 4.79 Å². The molecule has 2 amide bonds. The van der Waals surface area contributed by atoms with Gasteiger partial charge in [-0.25, -0.2) is 14.8 Å². The molecule has 0 atom stereocenters. The summed E-state index contributed by atoms with van der Waals surface area (Å²) in [5, 5.41) is 6.21. The molecule has 2 aromatic rings. The van der Waals surface area contributed by atoms with Crippen molar-refractivity contribution in [1.29, 1.82) is 0 Å². The van der Waals surface area contributed by atoms with Crippen LogP contribution in [0, 0.1) is 0 Å². The van der Waals surface area contributed by atoms with Gasteiger partial charge in [-0.05, 0) is 31.0 Å². The van der Waals surface area contributed by atoms with E-state index in [2.05, 4.69) is 25.5 Å². The number of benzene rings is 1. The zero-order valence-corrected chi connectivity index (χ0v) is 13.7. The van der Waals surface area contributed by atoms with Gasteiger partial charge in [0.25, 0.3) is 0 Å². The van der Waals surface area contributed by atoms with E-state index in [4.69, 9.17) is 23.2 Å². The van der Waals surface area contributed by atoms with Crippen molar-refractivity contribution in [3.8, 4) is 0 Å². The summed E-state index contributed by atoms with van der Waals surface area (Å²) >= 11 is 11.9. The lowest BCUT2D eigenvalue weighted by Gasteiger charge is -2.16. The summed E-state index contributed by atoms with van der Waals surface area (Å²) in [7, 11) is 0. The van der Waals surface area contributed by atoms with Crippen LogP contribution in [-0.2, 0) is 0 Å². The molecule has 0 bridgehead atoms. The van der Waals surface area contributed by atoms with E-state index in [1.165, 1.54) is 6.33 Å². The van der Waals surface area contributed by atoms with Crippen LogP contribution in [0.1, 0.15) is 12.8 Å². The maximum absolute atomic E-state index is 12.1. The van der Waals surface area contributed by atoms with Gasteiger partial charge in [-0.15, -0.1) is 0 Å². The Hall–Kier alpha value is -2.05. The van der Waals surface area contributed by atoms with Gasteiger partial charge in [-0.2, -0.15) is 0 Å². The molecular weight excluding hydrogens is 337 g/mol. The molecule has 0 aliphatic carbocycles. The standard InChI is InChI=1S/C15H15Cl2N5O/c16-10-3-4-12(11(17)7-10)20-15(23)21-13-8-14(19-9-18-13)22-5-1-2-6-22/h3-4,7-9H,1-2,5-6H2,(H2,18,19,20,21,23). The van der Waals surface area contributed by atoms with E-state index < -0.39 is 6.03 Å². The molecule has 0 spiro atoms. The molecule has 1 fully saturated rings. The normalized spacial score (nSPS) is 13.9. The van der Waals surface area contributed by atoms with Crippen molar-refractivity contribution in [2.75, 3.05) is 28.6 Å². The van der Waals surface area contributed by atoms with Crippen LogP contribution >= 0.6 is 23.2 Å². The van der Waals surface area contributed by atoms with Crippen molar-refractivity contribution < 1.29 is 4.79 Å². The Labute approximate surface area is 143 Å². The van der Waals surface area contributed by atoms with Crippen LogP contribution < -0.4 is 15.5 Å². The molecule has 23 heavy (non-hydrogen) atoms. The first-order valence-electron chi connectivity index (χ1n) is 7.22. The maximum atomic E-state index is 12.1. The third-order valence-electron chi connectivity index (χ3n) is 3.50. The van der Waals surface area contributed by atoms with Gasteiger partial charge < -0.3 is 10.2 Å². The fourth-order valence-electron chi connectivity index (χ4n) is 2.40. The number of anilines is 3. The monoisotopic (exact) mass is 351 g/mol. The third-order valence-corrected chi connectivity index (χ3v) is 4.05. The van der Waals surface area contributed by atoms with Crippen LogP contribution in [0.2, 0.25) is 10.0 Å². The summed E-state index contributed by atoms with van der Waals surface area (Å²) in [5.41, 5.74) is 0.474. The van der Waals surface area contributed by atoms with Crippen molar-refractivity contribution in [2.45, 2.75) is 12.8 Å². The van der Waals surface area contributed by atoms with Crippen LogP contribution in [0.15, 0.2) is 30.6 Å². The van der Waals surface area contributed by atoms with Crippen LogP contribution in [0.25, 0.3) is 0 Å². The Morgan fingerprint density at radius 3 is 2.61 bits per heavy atom. The van der Waals surface area contributed by atoms with Crippen LogP contribution in [0.5, 0.6) is 0 Å². The van der Waals surface area contributed by atoms with E-state index in [0.717, 1.165) is 31.7 Å². The van der Waals surface area contributed by atoms with Gasteiger partial charge in [-0.3, -0.25) is 5.32 Å². The summed E-state index contributed by atoms with van der Waals surface area (Å²) in [5.74, 6) is 1.25. The number of urea groups is 1. The van der Waals surface area contributed by atoms with E-state index in [1.807, 2.05) is 0 Å². The first kappa shape index (κ1) is 15.8. The van der Waals surface area contributed by atoms with E-state index in [1.54, 1.807) is 24.3 Å². The third kappa shape index (κ3) is 4.03. The molecule has 1 saturated heterocycles. The number of carbonyl (C=O) groups excluding carboxylic acids is 1. The molecule has 2 N–H and O–H groups in total. The Morgan fingerprint density at radius 2 is 1.87 bits per heavy atom. The number of hydrogen-bond donors (Lipinski definition) is 2. The summed E-state index contributed by atoms with van der Waals surface area (Å²) in [4.78, 5) is 22.5. The zero-order valence-electron chi connectivity index (χ0n) is 12.2. The molecule has 120 valence electrons. The summed E-state index contributed by atoms with van der Waals surface area (Å²) in [6, 6.07) is 6.18. The molecule has 0 saturated carbocycles. The Bertz CT molecular complexity index is 719. The summed E-state index contributed by atoms with van der Waals surface area (Å²) in [6.45, 7) is 1.95. The summed E-state index contributed by atoms with van der Waals surface area (Å²) < 4.78 is 0. The Kier molecular flexibility index (Phi) is 4.83. The number of amides is 2. The van der Waals surface area contributed by atoms with Gasteiger partial charge in [0.05, 0.1) is 10.7 Å². The predicted octanol–water partition coefficient (Wildman–Crippen LogP) is 4.03. The molecule has 2 heterocycles. The largest absolute Gasteiger partial charge is 0.356 e. The molecule has 8 heteroatoms. The van der Waals surface area contributed by atoms with Gasteiger partial charge in [0.1, 0.15) is 18.0 Å². The molecule has 1 aromatic heterocycles. The van der Waals surface area contributed by atoms with Crippen LogP contribution in [0.3, 0.4) is 0 Å². The number of nitrogens with zero attached hydrogens (tertiary/aromatic N) is 3. The minimum absolute atomic E-state index is 0.369. The number of carbonyl (C=O) groups is 1. The fraction of sp³-hybridized carbons (Fsp3) is 0.267. The lowest BCUT2D eigenvalue weighted by molar-refractivity contribution is 0.262. The highest BCUT2D eigenvalue weighted by molar-refractivity contribution is 6.36. The highest BCUT2D eigenvalue weighted by atomic mass is 35.5. The number of halogens is 2. The van der Waals surface area contributed by atoms with Gasteiger partial charge in [0.15, 0.2) is 0 Å². The number of nitrogens with one attached hydrogen (secondary N) is 2.